The third-order valence-electron chi connectivity index (χ3n) is 5.69. The van der Waals surface area contributed by atoms with Crippen molar-refractivity contribution < 1.29 is 4.79 Å². The van der Waals surface area contributed by atoms with Crippen LogP contribution in [0.25, 0.3) is 11.0 Å². The number of hydrogen-bond donors (Lipinski definition) is 1. The van der Waals surface area contributed by atoms with Crippen LogP contribution in [0, 0.1) is 31.6 Å². The maximum atomic E-state index is 12.4. The minimum absolute atomic E-state index is 0.138. The standard InChI is InChI=1S/C19H23N3O/c1-11-12(2)21-18-10-16(5-6-17(18)20-11)22-19(23)9-15-8-13-3-4-14(15)7-13/h5-6,10,13-15H,3-4,7-9H2,1-2H3,(H,22,23)/t13-,14+,15+/m0/s1. The Morgan fingerprint density at radius 1 is 1.13 bits per heavy atom. The second-order valence-electron chi connectivity index (χ2n) is 7.29. The quantitative estimate of drug-likeness (QED) is 0.932. The predicted octanol–water partition coefficient (Wildman–Crippen LogP) is 4.01. The van der Waals surface area contributed by atoms with Gasteiger partial charge in [0.05, 0.1) is 22.4 Å². The molecule has 4 heteroatoms. The topological polar surface area (TPSA) is 54.9 Å². The highest BCUT2D eigenvalue weighted by atomic mass is 16.1. The van der Waals surface area contributed by atoms with Crippen LogP contribution in [-0.2, 0) is 4.79 Å². The second-order valence-corrected chi connectivity index (χ2v) is 7.29. The molecule has 2 aliphatic carbocycles. The van der Waals surface area contributed by atoms with Crippen LogP contribution in [0.15, 0.2) is 18.2 Å². The summed E-state index contributed by atoms with van der Waals surface area (Å²) in [6.07, 6.45) is 5.97. The number of benzene rings is 1. The number of aromatic nitrogens is 2. The molecule has 1 amide bonds. The van der Waals surface area contributed by atoms with Crippen molar-refractivity contribution in [2.24, 2.45) is 17.8 Å². The molecule has 0 saturated heterocycles. The van der Waals surface area contributed by atoms with Crippen LogP contribution in [0.4, 0.5) is 5.69 Å². The molecule has 2 fully saturated rings. The van der Waals surface area contributed by atoms with E-state index in [-0.39, 0.29) is 5.91 Å². The molecule has 2 aromatic rings. The highest BCUT2D eigenvalue weighted by Gasteiger charge is 2.40. The van der Waals surface area contributed by atoms with Crippen molar-refractivity contribution in [1.29, 1.82) is 0 Å². The van der Waals surface area contributed by atoms with E-state index in [1.807, 2.05) is 32.0 Å². The van der Waals surface area contributed by atoms with Gasteiger partial charge in [-0.2, -0.15) is 0 Å². The maximum Gasteiger partial charge on any atom is 0.224 e. The number of nitrogens with one attached hydrogen (secondary N) is 1. The lowest BCUT2D eigenvalue weighted by Gasteiger charge is -2.20. The van der Waals surface area contributed by atoms with E-state index in [1.165, 1.54) is 25.7 Å². The van der Waals surface area contributed by atoms with Crippen LogP contribution in [-0.4, -0.2) is 15.9 Å². The Hall–Kier alpha value is -1.97. The van der Waals surface area contributed by atoms with E-state index in [0.717, 1.165) is 39.9 Å². The summed E-state index contributed by atoms with van der Waals surface area (Å²) >= 11 is 0. The number of hydrogen-bond acceptors (Lipinski definition) is 3. The van der Waals surface area contributed by atoms with Gasteiger partial charge in [-0.05, 0) is 69.1 Å². The molecule has 0 spiro atoms. The molecular formula is C19H23N3O. The fourth-order valence-corrected chi connectivity index (χ4v) is 4.39. The monoisotopic (exact) mass is 309 g/mol. The Kier molecular flexibility index (Phi) is 3.55. The number of amides is 1. The molecule has 3 atom stereocenters. The zero-order valence-corrected chi connectivity index (χ0v) is 13.8. The molecule has 1 N–H and O–H groups in total. The third-order valence-corrected chi connectivity index (χ3v) is 5.69. The van der Waals surface area contributed by atoms with Gasteiger partial charge in [-0.15, -0.1) is 0 Å². The van der Waals surface area contributed by atoms with Crippen LogP contribution in [0.1, 0.15) is 43.5 Å². The lowest BCUT2D eigenvalue weighted by Crippen LogP contribution is -2.20. The van der Waals surface area contributed by atoms with Gasteiger partial charge in [-0.1, -0.05) is 6.42 Å². The number of carbonyl (C=O) groups excluding carboxylic acids is 1. The van der Waals surface area contributed by atoms with Crippen LogP contribution in [0.5, 0.6) is 0 Å². The highest BCUT2D eigenvalue weighted by molar-refractivity contribution is 5.93. The van der Waals surface area contributed by atoms with Crippen molar-refractivity contribution in [3.63, 3.8) is 0 Å². The number of aryl methyl sites for hydroxylation is 2. The van der Waals surface area contributed by atoms with Crippen molar-refractivity contribution in [1.82, 2.24) is 9.97 Å². The Bertz CT molecular complexity index is 771. The SMILES string of the molecule is Cc1nc2ccc(NC(=O)C[C@H]3C[C@H]4CC[C@@H]3C4)cc2nc1C. The van der Waals surface area contributed by atoms with E-state index in [1.54, 1.807) is 0 Å². The first-order valence-electron chi connectivity index (χ1n) is 8.63. The van der Waals surface area contributed by atoms with Crippen molar-refractivity contribution in [2.45, 2.75) is 46.0 Å². The van der Waals surface area contributed by atoms with Gasteiger partial charge < -0.3 is 5.32 Å². The molecule has 0 aliphatic heterocycles. The number of nitrogens with zero attached hydrogens (tertiary/aromatic N) is 2. The fraction of sp³-hybridized carbons (Fsp3) is 0.526. The molecule has 1 heterocycles. The molecule has 0 radical (unpaired) electrons. The van der Waals surface area contributed by atoms with Crippen molar-refractivity contribution >= 4 is 22.6 Å². The number of rotatable bonds is 3. The molecule has 1 aromatic carbocycles. The largest absolute Gasteiger partial charge is 0.326 e. The first-order chi connectivity index (χ1) is 11.1. The van der Waals surface area contributed by atoms with Crippen molar-refractivity contribution in [3.8, 4) is 0 Å². The molecule has 2 bridgehead atoms. The fourth-order valence-electron chi connectivity index (χ4n) is 4.39. The van der Waals surface area contributed by atoms with Crippen LogP contribution >= 0.6 is 0 Å². The molecule has 0 unspecified atom stereocenters. The first kappa shape index (κ1) is 14.6. The summed E-state index contributed by atoms with van der Waals surface area (Å²) < 4.78 is 0. The van der Waals surface area contributed by atoms with Gasteiger partial charge in [0.1, 0.15) is 0 Å². The van der Waals surface area contributed by atoms with Crippen LogP contribution < -0.4 is 5.32 Å². The Morgan fingerprint density at radius 2 is 1.91 bits per heavy atom. The lowest BCUT2D eigenvalue weighted by atomic mass is 9.86. The van der Waals surface area contributed by atoms with E-state index >= 15 is 0 Å². The smallest absolute Gasteiger partial charge is 0.224 e. The van der Waals surface area contributed by atoms with Crippen LogP contribution in [0.3, 0.4) is 0 Å². The molecule has 4 rings (SSSR count). The van der Waals surface area contributed by atoms with Crippen LogP contribution in [0.2, 0.25) is 0 Å². The zero-order chi connectivity index (χ0) is 16.0. The minimum atomic E-state index is 0.138. The van der Waals surface area contributed by atoms with E-state index in [9.17, 15) is 4.79 Å². The minimum Gasteiger partial charge on any atom is -0.326 e. The second kappa shape index (κ2) is 5.59. The van der Waals surface area contributed by atoms with Crippen molar-refractivity contribution in [3.05, 3.63) is 29.6 Å². The molecule has 2 aliphatic rings. The van der Waals surface area contributed by atoms with E-state index in [0.29, 0.717) is 12.3 Å². The maximum absolute atomic E-state index is 12.4. The van der Waals surface area contributed by atoms with Gasteiger partial charge in [0.15, 0.2) is 0 Å². The van der Waals surface area contributed by atoms with Gasteiger partial charge in [-0.25, -0.2) is 9.97 Å². The molecular weight excluding hydrogens is 286 g/mol. The molecule has 4 nitrogen and oxygen atoms in total. The Balaban J connectivity index is 1.46. The Labute approximate surface area is 136 Å². The average Bonchev–Trinajstić information content (AvgIpc) is 3.11. The summed E-state index contributed by atoms with van der Waals surface area (Å²) in [5, 5.41) is 3.05. The summed E-state index contributed by atoms with van der Waals surface area (Å²) in [6, 6.07) is 5.78. The molecule has 1 aromatic heterocycles. The van der Waals surface area contributed by atoms with Gasteiger partial charge >= 0.3 is 0 Å². The van der Waals surface area contributed by atoms with Crippen molar-refractivity contribution in [2.75, 3.05) is 5.32 Å². The summed E-state index contributed by atoms with van der Waals surface area (Å²) in [4.78, 5) is 21.4. The molecule has 23 heavy (non-hydrogen) atoms. The summed E-state index contributed by atoms with van der Waals surface area (Å²) in [5.41, 5.74) is 4.42. The summed E-state index contributed by atoms with van der Waals surface area (Å²) in [6.45, 7) is 3.93. The normalized spacial score (nSPS) is 25.9. The zero-order valence-electron chi connectivity index (χ0n) is 13.8. The molecule has 2 saturated carbocycles. The number of fused-ring (bicyclic) bond motifs is 3. The third kappa shape index (κ3) is 2.82. The average molecular weight is 309 g/mol. The van der Waals surface area contributed by atoms with E-state index in [4.69, 9.17) is 0 Å². The first-order valence-corrected chi connectivity index (χ1v) is 8.63. The highest BCUT2D eigenvalue weighted by Crippen LogP contribution is 2.49. The molecule has 120 valence electrons. The summed E-state index contributed by atoms with van der Waals surface area (Å²) in [7, 11) is 0. The summed E-state index contributed by atoms with van der Waals surface area (Å²) in [5.74, 6) is 2.41. The predicted molar refractivity (Wildman–Crippen MR) is 91.2 cm³/mol. The number of anilines is 1. The van der Waals surface area contributed by atoms with Gasteiger partial charge in [0, 0.05) is 12.1 Å². The van der Waals surface area contributed by atoms with E-state index < -0.39 is 0 Å². The Morgan fingerprint density at radius 3 is 2.61 bits per heavy atom. The van der Waals surface area contributed by atoms with Gasteiger partial charge in [0.25, 0.3) is 0 Å². The lowest BCUT2D eigenvalue weighted by molar-refractivity contribution is -0.117. The number of carbonyl (C=O) groups is 1. The van der Waals surface area contributed by atoms with Gasteiger partial charge in [-0.3, -0.25) is 4.79 Å². The van der Waals surface area contributed by atoms with Gasteiger partial charge in [0.2, 0.25) is 5.91 Å². The van der Waals surface area contributed by atoms with E-state index in [2.05, 4.69) is 15.3 Å².